The molecule has 0 spiro atoms. The normalized spacial score (nSPS) is 10.8. The molecule has 0 saturated heterocycles. The zero-order chi connectivity index (χ0) is 14.8. The first-order chi connectivity index (χ1) is 10.2. The summed E-state index contributed by atoms with van der Waals surface area (Å²) in [6.45, 7) is 2.06. The van der Waals surface area contributed by atoms with Gasteiger partial charge in [0.2, 0.25) is 5.82 Å². The summed E-state index contributed by atoms with van der Waals surface area (Å²) in [5, 5.41) is 4.46. The van der Waals surface area contributed by atoms with Crippen molar-refractivity contribution in [1.29, 1.82) is 0 Å². The van der Waals surface area contributed by atoms with Crippen LogP contribution in [-0.2, 0) is 6.42 Å². The highest BCUT2D eigenvalue weighted by Gasteiger charge is 2.14. The maximum absolute atomic E-state index is 6.01. The first-order valence-corrected chi connectivity index (χ1v) is 6.90. The molecule has 0 aliphatic carbocycles. The Hall–Kier alpha value is -2.40. The van der Waals surface area contributed by atoms with Gasteiger partial charge in [-0.05, 0) is 36.2 Å². The van der Waals surface area contributed by atoms with Crippen LogP contribution in [0.3, 0.4) is 0 Å². The zero-order valence-corrected chi connectivity index (χ0v) is 12.1. The van der Waals surface area contributed by atoms with Crippen LogP contribution in [0.25, 0.3) is 23.0 Å². The molecule has 0 amide bonds. The van der Waals surface area contributed by atoms with E-state index in [-0.39, 0.29) is 0 Å². The summed E-state index contributed by atoms with van der Waals surface area (Å²) in [5.74, 6) is 0.856. The Labute approximate surface area is 126 Å². The predicted molar refractivity (Wildman–Crippen MR) is 81.8 cm³/mol. The van der Waals surface area contributed by atoms with Crippen molar-refractivity contribution in [3.05, 3.63) is 47.1 Å². The summed E-state index contributed by atoms with van der Waals surface area (Å²) in [7, 11) is 0. The molecule has 0 aliphatic heterocycles. The lowest BCUT2D eigenvalue weighted by Crippen LogP contribution is -1.92. The van der Waals surface area contributed by atoms with Crippen LogP contribution < -0.4 is 5.73 Å². The van der Waals surface area contributed by atoms with Crippen LogP contribution >= 0.6 is 11.6 Å². The van der Waals surface area contributed by atoms with E-state index in [9.17, 15) is 0 Å². The number of aryl methyl sites for hydroxylation is 1. The molecule has 0 bridgehead atoms. The summed E-state index contributed by atoms with van der Waals surface area (Å²) in [5.41, 5.74) is 8.73. The van der Waals surface area contributed by atoms with Crippen LogP contribution in [0.4, 0.5) is 5.69 Å². The van der Waals surface area contributed by atoms with Gasteiger partial charge in [-0.3, -0.25) is 4.98 Å². The maximum atomic E-state index is 6.01. The molecule has 2 aromatic heterocycles. The van der Waals surface area contributed by atoms with Gasteiger partial charge in [-0.2, -0.15) is 4.98 Å². The molecular formula is C15H13ClN4O. The number of aromatic nitrogens is 3. The minimum absolute atomic E-state index is 0.389. The molecule has 0 saturated carbocycles. The van der Waals surface area contributed by atoms with Gasteiger partial charge in [-0.1, -0.05) is 29.7 Å². The fraction of sp³-hybridized carbons (Fsp3) is 0.133. The fourth-order valence-corrected chi connectivity index (χ4v) is 2.20. The number of pyridine rings is 1. The molecular weight excluding hydrogens is 288 g/mol. The minimum atomic E-state index is 0.389. The van der Waals surface area contributed by atoms with E-state index in [2.05, 4.69) is 22.0 Å². The van der Waals surface area contributed by atoms with Gasteiger partial charge in [-0.15, -0.1) is 0 Å². The van der Waals surface area contributed by atoms with Crippen molar-refractivity contribution in [3.63, 3.8) is 0 Å². The summed E-state index contributed by atoms with van der Waals surface area (Å²) < 4.78 is 5.30. The predicted octanol–water partition coefficient (Wildman–Crippen LogP) is 3.60. The number of nitrogen functional groups attached to an aromatic ring is 1. The lowest BCUT2D eigenvalue weighted by Gasteiger charge is -2.00. The van der Waals surface area contributed by atoms with Crippen molar-refractivity contribution >= 4 is 17.3 Å². The van der Waals surface area contributed by atoms with E-state index in [1.54, 1.807) is 24.4 Å². The van der Waals surface area contributed by atoms with Crippen molar-refractivity contribution in [2.75, 3.05) is 5.73 Å². The van der Waals surface area contributed by atoms with Gasteiger partial charge < -0.3 is 10.3 Å². The molecule has 5 nitrogen and oxygen atoms in total. The van der Waals surface area contributed by atoms with Crippen molar-refractivity contribution < 1.29 is 4.52 Å². The number of anilines is 1. The quantitative estimate of drug-likeness (QED) is 0.748. The van der Waals surface area contributed by atoms with Gasteiger partial charge in [-0.25, -0.2) is 0 Å². The van der Waals surface area contributed by atoms with Crippen molar-refractivity contribution in [2.45, 2.75) is 13.3 Å². The zero-order valence-electron chi connectivity index (χ0n) is 11.4. The van der Waals surface area contributed by atoms with E-state index in [4.69, 9.17) is 21.9 Å². The van der Waals surface area contributed by atoms with Crippen molar-refractivity contribution in [2.24, 2.45) is 0 Å². The van der Waals surface area contributed by atoms with Crippen molar-refractivity contribution in [1.82, 2.24) is 15.1 Å². The van der Waals surface area contributed by atoms with Crippen LogP contribution in [0.2, 0.25) is 5.02 Å². The number of hydrogen-bond acceptors (Lipinski definition) is 5. The molecule has 0 aliphatic rings. The Morgan fingerprint density at radius 2 is 2.14 bits per heavy atom. The Morgan fingerprint density at radius 1 is 1.29 bits per heavy atom. The average molecular weight is 301 g/mol. The summed E-state index contributed by atoms with van der Waals surface area (Å²) in [6.07, 6.45) is 2.56. The molecule has 21 heavy (non-hydrogen) atoms. The first kappa shape index (κ1) is 13.6. The van der Waals surface area contributed by atoms with Gasteiger partial charge in [0.05, 0.1) is 10.7 Å². The molecule has 2 N–H and O–H groups in total. The third-order valence-electron chi connectivity index (χ3n) is 3.16. The number of halogens is 1. The van der Waals surface area contributed by atoms with E-state index in [0.29, 0.717) is 22.4 Å². The lowest BCUT2D eigenvalue weighted by molar-refractivity contribution is 0.432. The second-order valence-electron chi connectivity index (χ2n) is 4.52. The van der Waals surface area contributed by atoms with Gasteiger partial charge in [0.15, 0.2) is 0 Å². The second kappa shape index (κ2) is 5.54. The van der Waals surface area contributed by atoms with Crippen molar-refractivity contribution in [3.8, 4) is 23.0 Å². The van der Waals surface area contributed by atoms with E-state index < -0.39 is 0 Å². The van der Waals surface area contributed by atoms with Gasteiger partial charge in [0.25, 0.3) is 5.89 Å². The van der Waals surface area contributed by atoms with E-state index in [1.165, 1.54) is 0 Å². The largest absolute Gasteiger partial charge is 0.398 e. The molecule has 106 valence electrons. The summed E-state index contributed by atoms with van der Waals surface area (Å²) in [6, 6.07) is 9.09. The molecule has 0 fully saturated rings. The fourth-order valence-electron chi connectivity index (χ4n) is 2.02. The van der Waals surface area contributed by atoms with Gasteiger partial charge >= 0.3 is 0 Å². The monoisotopic (exact) mass is 300 g/mol. The second-order valence-corrected chi connectivity index (χ2v) is 4.93. The Kier molecular flexibility index (Phi) is 3.58. The molecule has 3 rings (SSSR count). The standard InChI is InChI=1S/C15H13ClN4O/c1-2-9-4-3-7-18-13(9)14-19-15(21-20-14)10-5-6-12(17)11(16)8-10/h3-8H,2,17H2,1H3. The van der Waals surface area contributed by atoms with Crippen LogP contribution in [0.5, 0.6) is 0 Å². The van der Waals surface area contributed by atoms with Crippen LogP contribution in [0.1, 0.15) is 12.5 Å². The van der Waals surface area contributed by atoms with Crippen LogP contribution in [0.15, 0.2) is 41.1 Å². The highest BCUT2D eigenvalue weighted by Crippen LogP contribution is 2.27. The molecule has 3 aromatic rings. The molecule has 0 radical (unpaired) electrons. The maximum Gasteiger partial charge on any atom is 0.258 e. The molecule has 0 unspecified atom stereocenters. The van der Waals surface area contributed by atoms with E-state index >= 15 is 0 Å². The first-order valence-electron chi connectivity index (χ1n) is 6.52. The third-order valence-corrected chi connectivity index (χ3v) is 3.48. The molecule has 6 heteroatoms. The Bertz CT molecular complexity index is 785. The molecule has 2 heterocycles. The highest BCUT2D eigenvalue weighted by molar-refractivity contribution is 6.33. The number of hydrogen-bond donors (Lipinski definition) is 1. The highest BCUT2D eigenvalue weighted by atomic mass is 35.5. The van der Waals surface area contributed by atoms with Gasteiger partial charge in [0, 0.05) is 11.8 Å². The molecule has 1 aromatic carbocycles. The van der Waals surface area contributed by atoms with Crippen LogP contribution in [0, 0.1) is 0 Å². The topological polar surface area (TPSA) is 77.8 Å². The summed E-state index contributed by atoms with van der Waals surface area (Å²) >= 11 is 6.01. The number of benzene rings is 1. The number of rotatable bonds is 3. The SMILES string of the molecule is CCc1cccnc1-c1noc(-c2ccc(N)c(Cl)c2)n1. The average Bonchev–Trinajstić information content (AvgIpc) is 2.99. The van der Waals surface area contributed by atoms with E-state index in [0.717, 1.165) is 23.2 Å². The minimum Gasteiger partial charge on any atom is -0.398 e. The summed E-state index contributed by atoms with van der Waals surface area (Å²) in [4.78, 5) is 8.72. The lowest BCUT2D eigenvalue weighted by atomic mass is 10.1. The number of nitrogens with two attached hydrogens (primary N) is 1. The third kappa shape index (κ3) is 2.60. The smallest absolute Gasteiger partial charge is 0.258 e. The van der Waals surface area contributed by atoms with E-state index in [1.807, 2.05) is 12.1 Å². The van der Waals surface area contributed by atoms with Crippen LogP contribution in [-0.4, -0.2) is 15.1 Å². The Morgan fingerprint density at radius 3 is 2.90 bits per heavy atom. The number of nitrogens with zero attached hydrogens (tertiary/aromatic N) is 3. The van der Waals surface area contributed by atoms with Gasteiger partial charge in [0.1, 0.15) is 5.69 Å². The Balaban J connectivity index is 2.01. The molecule has 0 atom stereocenters.